The molecule has 0 saturated carbocycles. The number of benzene rings is 1. The summed E-state index contributed by atoms with van der Waals surface area (Å²) in [4.78, 5) is 0. The van der Waals surface area contributed by atoms with Crippen LogP contribution in [0.1, 0.15) is 17.5 Å². The fraction of sp³-hybridized carbons (Fsp3) is 0.455. The van der Waals surface area contributed by atoms with E-state index in [0.29, 0.717) is 17.9 Å². The molecule has 0 heterocycles. The van der Waals surface area contributed by atoms with Crippen molar-refractivity contribution in [1.29, 1.82) is 0 Å². The van der Waals surface area contributed by atoms with E-state index in [0.717, 1.165) is 12.0 Å². The van der Waals surface area contributed by atoms with Crippen LogP contribution < -0.4 is 4.74 Å². The highest BCUT2D eigenvalue weighted by molar-refractivity contribution is 6.17. The van der Waals surface area contributed by atoms with Gasteiger partial charge in [0.2, 0.25) is 0 Å². The Hall–Kier alpha value is -0.900. The van der Waals surface area contributed by atoms with E-state index in [1.807, 2.05) is 0 Å². The fourth-order valence-electron chi connectivity index (χ4n) is 1.31. The first-order valence-corrected chi connectivity index (χ1v) is 5.37. The molecule has 0 fully saturated rings. The van der Waals surface area contributed by atoms with Crippen molar-refractivity contribution in [2.24, 2.45) is 0 Å². The van der Waals surface area contributed by atoms with Crippen molar-refractivity contribution in [2.45, 2.75) is 26.1 Å². The number of ether oxygens (including phenoxy) is 1. The van der Waals surface area contributed by atoms with Gasteiger partial charge in [-0.05, 0) is 37.0 Å². The van der Waals surface area contributed by atoms with Crippen LogP contribution >= 0.6 is 11.6 Å². The molecule has 1 aromatic rings. The molecule has 0 bridgehead atoms. The van der Waals surface area contributed by atoms with Crippen molar-refractivity contribution in [3.8, 4) is 5.75 Å². The molecule has 0 N–H and O–H groups in total. The van der Waals surface area contributed by atoms with Gasteiger partial charge in [0.25, 0.3) is 0 Å². The minimum absolute atomic E-state index is 0.139. The lowest BCUT2D eigenvalue weighted by Gasteiger charge is -2.12. The maximum atomic E-state index is 12.1. The molecule has 90 valence electrons. The predicted octanol–water partition coefficient (Wildman–Crippen LogP) is 4.07. The van der Waals surface area contributed by atoms with Crippen molar-refractivity contribution in [2.75, 3.05) is 5.88 Å². The smallest absolute Gasteiger partial charge is 0.406 e. The third-order valence-electron chi connectivity index (χ3n) is 2.08. The zero-order chi connectivity index (χ0) is 12.2. The predicted molar refractivity (Wildman–Crippen MR) is 56.9 cm³/mol. The van der Waals surface area contributed by atoms with Crippen molar-refractivity contribution in [3.05, 3.63) is 29.3 Å². The molecule has 0 atom stereocenters. The average Bonchev–Trinajstić information content (AvgIpc) is 2.17. The summed E-state index contributed by atoms with van der Waals surface area (Å²) in [6, 6.07) is 4.81. The van der Waals surface area contributed by atoms with Gasteiger partial charge in [-0.25, -0.2) is 0 Å². The number of alkyl halides is 4. The van der Waals surface area contributed by atoms with E-state index >= 15 is 0 Å². The highest BCUT2D eigenvalue weighted by Crippen LogP contribution is 2.27. The quantitative estimate of drug-likeness (QED) is 0.734. The molecule has 0 aromatic heterocycles. The van der Waals surface area contributed by atoms with E-state index in [2.05, 4.69) is 4.74 Å². The molecule has 1 aromatic carbocycles. The molecular formula is C11H12ClF3O. The Balaban J connectivity index is 2.82. The lowest BCUT2D eigenvalue weighted by atomic mass is 10.1. The summed E-state index contributed by atoms with van der Waals surface area (Å²) in [6.07, 6.45) is -3.26. The summed E-state index contributed by atoms with van der Waals surface area (Å²) >= 11 is 5.52. The summed E-state index contributed by atoms with van der Waals surface area (Å²) in [7, 11) is 0. The Morgan fingerprint density at radius 3 is 2.56 bits per heavy atom. The van der Waals surface area contributed by atoms with E-state index in [-0.39, 0.29) is 5.75 Å². The molecule has 0 aliphatic rings. The molecule has 16 heavy (non-hydrogen) atoms. The van der Waals surface area contributed by atoms with Crippen LogP contribution in [0.15, 0.2) is 18.2 Å². The van der Waals surface area contributed by atoms with E-state index in [9.17, 15) is 13.2 Å². The Bertz CT molecular complexity index is 350. The van der Waals surface area contributed by atoms with Crippen LogP contribution in [-0.2, 0) is 6.42 Å². The first kappa shape index (κ1) is 13.2. The number of rotatable bonds is 4. The molecular weight excluding hydrogens is 241 g/mol. The second-order valence-electron chi connectivity index (χ2n) is 3.44. The highest BCUT2D eigenvalue weighted by Gasteiger charge is 2.31. The standard InChI is InChI=1S/C11H12ClF3O/c1-8-4-5-9(3-2-6-12)7-10(8)16-11(13,14)15/h4-5,7H,2-3,6H2,1H3. The van der Waals surface area contributed by atoms with Crippen molar-refractivity contribution < 1.29 is 17.9 Å². The van der Waals surface area contributed by atoms with Gasteiger partial charge in [0, 0.05) is 5.88 Å². The van der Waals surface area contributed by atoms with Gasteiger partial charge >= 0.3 is 6.36 Å². The normalized spacial score (nSPS) is 11.6. The molecule has 1 nitrogen and oxygen atoms in total. The van der Waals surface area contributed by atoms with Crippen molar-refractivity contribution in [1.82, 2.24) is 0 Å². The van der Waals surface area contributed by atoms with Gasteiger partial charge in [-0.15, -0.1) is 24.8 Å². The van der Waals surface area contributed by atoms with E-state index in [1.165, 1.54) is 6.07 Å². The molecule has 0 spiro atoms. The monoisotopic (exact) mass is 252 g/mol. The summed E-state index contributed by atoms with van der Waals surface area (Å²) in [6.45, 7) is 1.58. The van der Waals surface area contributed by atoms with E-state index < -0.39 is 6.36 Å². The average molecular weight is 253 g/mol. The maximum Gasteiger partial charge on any atom is 0.573 e. The van der Waals surface area contributed by atoms with Gasteiger partial charge in [-0.3, -0.25) is 0 Å². The molecule has 0 aliphatic carbocycles. The lowest BCUT2D eigenvalue weighted by Crippen LogP contribution is -2.17. The van der Waals surface area contributed by atoms with Crippen LogP contribution in [0, 0.1) is 6.92 Å². The number of halogens is 4. The van der Waals surface area contributed by atoms with Crippen LogP contribution in [0.3, 0.4) is 0 Å². The Labute approximate surface area is 97.2 Å². The molecule has 5 heteroatoms. The second kappa shape index (κ2) is 5.43. The minimum Gasteiger partial charge on any atom is -0.406 e. The van der Waals surface area contributed by atoms with E-state index in [1.54, 1.807) is 19.1 Å². The van der Waals surface area contributed by atoms with Crippen LogP contribution in [0.2, 0.25) is 0 Å². The molecule has 0 radical (unpaired) electrons. The minimum atomic E-state index is -4.64. The Morgan fingerprint density at radius 1 is 1.31 bits per heavy atom. The summed E-state index contributed by atoms with van der Waals surface area (Å²) < 4.78 is 40.1. The van der Waals surface area contributed by atoms with Crippen LogP contribution in [-0.4, -0.2) is 12.2 Å². The summed E-state index contributed by atoms with van der Waals surface area (Å²) in [5.41, 5.74) is 1.26. The molecule has 1 rings (SSSR count). The van der Waals surface area contributed by atoms with Crippen molar-refractivity contribution >= 4 is 11.6 Å². The third kappa shape index (κ3) is 4.31. The SMILES string of the molecule is Cc1ccc(CCCCl)cc1OC(F)(F)F. The van der Waals surface area contributed by atoms with Gasteiger partial charge in [0.15, 0.2) is 0 Å². The number of hydrogen-bond acceptors (Lipinski definition) is 1. The van der Waals surface area contributed by atoms with Gasteiger partial charge in [-0.2, -0.15) is 0 Å². The van der Waals surface area contributed by atoms with Gasteiger partial charge in [-0.1, -0.05) is 12.1 Å². The van der Waals surface area contributed by atoms with Crippen LogP contribution in [0.4, 0.5) is 13.2 Å². The maximum absolute atomic E-state index is 12.1. The zero-order valence-corrected chi connectivity index (χ0v) is 9.53. The number of aryl methyl sites for hydroxylation is 2. The summed E-state index contributed by atoms with van der Waals surface area (Å²) in [5.74, 6) is 0.350. The van der Waals surface area contributed by atoms with Gasteiger partial charge < -0.3 is 4.74 Å². The first-order chi connectivity index (χ1) is 7.42. The first-order valence-electron chi connectivity index (χ1n) is 4.83. The van der Waals surface area contributed by atoms with Crippen LogP contribution in [0.5, 0.6) is 5.75 Å². The third-order valence-corrected chi connectivity index (χ3v) is 2.34. The Morgan fingerprint density at radius 2 is 2.00 bits per heavy atom. The Kier molecular flexibility index (Phi) is 4.47. The topological polar surface area (TPSA) is 9.23 Å². The van der Waals surface area contributed by atoms with Gasteiger partial charge in [0.1, 0.15) is 5.75 Å². The molecule has 0 unspecified atom stereocenters. The molecule has 0 amide bonds. The highest BCUT2D eigenvalue weighted by atomic mass is 35.5. The van der Waals surface area contributed by atoms with Gasteiger partial charge in [0.05, 0.1) is 0 Å². The molecule has 0 aliphatic heterocycles. The largest absolute Gasteiger partial charge is 0.573 e. The molecule has 0 saturated heterocycles. The van der Waals surface area contributed by atoms with Crippen LogP contribution in [0.25, 0.3) is 0 Å². The zero-order valence-electron chi connectivity index (χ0n) is 8.77. The van der Waals surface area contributed by atoms with E-state index in [4.69, 9.17) is 11.6 Å². The number of hydrogen-bond donors (Lipinski definition) is 0. The second-order valence-corrected chi connectivity index (χ2v) is 3.82. The summed E-state index contributed by atoms with van der Waals surface area (Å²) in [5, 5.41) is 0. The van der Waals surface area contributed by atoms with Crippen molar-refractivity contribution in [3.63, 3.8) is 0 Å². The fourth-order valence-corrected chi connectivity index (χ4v) is 1.44. The lowest BCUT2D eigenvalue weighted by molar-refractivity contribution is -0.274.